The number of amides is 2. The molecule has 26 heavy (non-hydrogen) atoms. The molecule has 4 aromatic rings. The summed E-state index contributed by atoms with van der Waals surface area (Å²) in [6.45, 7) is 3.67. The van der Waals surface area contributed by atoms with Crippen molar-refractivity contribution >= 4 is 28.3 Å². The van der Waals surface area contributed by atoms with Crippen molar-refractivity contribution in [1.82, 2.24) is 14.7 Å². The summed E-state index contributed by atoms with van der Waals surface area (Å²) in [5.74, 6) is 0.283. The molecule has 1 aromatic carbocycles. The smallest absolute Gasteiger partial charge is 0.319 e. The molecule has 0 aliphatic heterocycles. The number of imidazole rings is 1. The van der Waals surface area contributed by atoms with Crippen molar-refractivity contribution in [1.29, 1.82) is 0 Å². The number of hydrogen-bond donors (Lipinski definition) is 2. The van der Waals surface area contributed by atoms with Gasteiger partial charge in [-0.1, -0.05) is 0 Å². The minimum Gasteiger partial charge on any atom is -0.459 e. The molecule has 0 fully saturated rings. The maximum absolute atomic E-state index is 13.4. The van der Waals surface area contributed by atoms with E-state index in [9.17, 15) is 9.18 Å². The van der Waals surface area contributed by atoms with Gasteiger partial charge in [0.1, 0.15) is 22.8 Å². The van der Waals surface area contributed by atoms with Gasteiger partial charge in [0.15, 0.2) is 0 Å². The van der Waals surface area contributed by atoms with Gasteiger partial charge in [-0.25, -0.2) is 14.2 Å². The third-order valence-corrected chi connectivity index (χ3v) is 4.33. The van der Waals surface area contributed by atoms with Gasteiger partial charge in [0.05, 0.1) is 6.04 Å². The highest BCUT2D eigenvalue weighted by atomic mass is 19.1. The van der Waals surface area contributed by atoms with Crippen LogP contribution in [0.2, 0.25) is 0 Å². The Morgan fingerprint density at radius 3 is 2.96 bits per heavy atom. The minimum atomic E-state index is -0.374. The van der Waals surface area contributed by atoms with Gasteiger partial charge in [-0.15, -0.1) is 0 Å². The molecule has 0 aliphatic carbocycles. The molecule has 132 valence electrons. The molecule has 0 saturated heterocycles. The maximum Gasteiger partial charge on any atom is 0.319 e. The number of anilines is 1. The van der Waals surface area contributed by atoms with Gasteiger partial charge in [-0.05, 0) is 38.1 Å². The first kappa shape index (κ1) is 16.1. The molecule has 0 aliphatic rings. The third-order valence-electron chi connectivity index (χ3n) is 4.33. The zero-order valence-corrected chi connectivity index (χ0v) is 14.3. The molecular formula is C19H17FN4O2. The van der Waals surface area contributed by atoms with E-state index in [-0.39, 0.29) is 17.9 Å². The van der Waals surface area contributed by atoms with Gasteiger partial charge < -0.3 is 19.5 Å². The van der Waals surface area contributed by atoms with Crippen LogP contribution in [0.5, 0.6) is 0 Å². The van der Waals surface area contributed by atoms with E-state index in [1.54, 1.807) is 24.4 Å². The Morgan fingerprint density at radius 1 is 1.27 bits per heavy atom. The lowest BCUT2D eigenvalue weighted by atomic mass is 10.1. The minimum absolute atomic E-state index is 0.319. The van der Waals surface area contributed by atoms with Crippen LogP contribution in [-0.2, 0) is 0 Å². The van der Waals surface area contributed by atoms with E-state index in [4.69, 9.17) is 4.42 Å². The number of hydrogen-bond acceptors (Lipinski definition) is 3. The molecule has 4 rings (SSSR count). The van der Waals surface area contributed by atoms with Crippen molar-refractivity contribution in [3.63, 3.8) is 0 Å². The number of benzene rings is 1. The van der Waals surface area contributed by atoms with E-state index in [0.29, 0.717) is 22.4 Å². The standard InChI is InChI=1S/C19H17FN4O2/c1-11-15-9-13(20)3-4-16(15)26-18(11)12(2)22-19(25)23-14-5-7-24-8-6-21-17(24)10-14/h3-10,12H,1-2H3,(H2,22,23,25)/t12-/m0/s1. The fraction of sp³-hybridized carbons (Fsp3) is 0.158. The molecule has 0 radical (unpaired) electrons. The number of aromatic nitrogens is 2. The lowest BCUT2D eigenvalue weighted by molar-refractivity contribution is 0.248. The summed E-state index contributed by atoms with van der Waals surface area (Å²) < 4.78 is 21.1. The lowest BCUT2D eigenvalue weighted by Gasteiger charge is -2.13. The first-order valence-electron chi connectivity index (χ1n) is 8.20. The zero-order chi connectivity index (χ0) is 18.3. The Bertz CT molecular complexity index is 1120. The molecule has 6 nitrogen and oxygen atoms in total. The number of pyridine rings is 1. The van der Waals surface area contributed by atoms with Crippen LogP contribution in [0, 0.1) is 12.7 Å². The van der Waals surface area contributed by atoms with E-state index < -0.39 is 0 Å². The Kier molecular flexibility index (Phi) is 3.84. The predicted molar refractivity (Wildman–Crippen MR) is 96.7 cm³/mol. The van der Waals surface area contributed by atoms with E-state index in [2.05, 4.69) is 15.6 Å². The summed E-state index contributed by atoms with van der Waals surface area (Å²) in [5.41, 5.74) is 2.78. The molecule has 0 bridgehead atoms. The second kappa shape index (κ2) is 6.18. The first-order valence-corrected chi connectivity index (χ1v) is 8.20. The topological polar surface area (TPSA) is 71.6 Å². The number of nitrogens with one attached hydrogen (secondary N) is 2. The summed E-state index contributed by atoms with van der Waals surface area (Å²) in [6, 6.07) is 7.21. The molecule has 3 aromatic heterocycles. The molecule has 3 heterocycles. The Labute approximate surface area is 148 Å². The van der Waals surface area contributed by atoms with Crippen molar-refractivity contribution < 1.29 is 13.6 Å². The quantitative estimate of drug-likeness (QED) is 0.574. The first-order chi connectivity index (χ1) is 12.5. The zero-order valence-electron chi connectivity index (χ0n) is 14.3. The molecule has 2 amide bonds. The maximum atomic E-state index is 13.4. The van der Waals surface area contributed by atoms with Crippen molar-refractivity contribution in [2.24, 2.45) is 0 Å². The summed E-state index contributed by atoms with van der Waals surface area (Å²) >= 11 is 0. The van der Waals surface area contributed by atoms with Gasteiger partial charge in [0, 0.05) is 41.3 Å². The molecule has 0 saturated carbocycles. The average Bonchev–Trinajstić information content (AvgIpc) is 3.19. The Balaban J connectivity index is 1.51. The monoisotopic (exact) mass is 352 g/mol. The average molecular weight is 352 g/mol. The van der Waals surface area contributed by atoms with E-state index in [1.807, 2.05) is 30.6 Å². The summed E-state index contributed by atoms with van der Waals surface area (Å²) in [5, 5.41) is 6.33. The molecule has 0 spiro atoms. The normalized spacial score (nSPS) is 12.4. The summed E-state index contributed by atoms with van der Waals surface area (Å²) in [6.07, 6.45) is 5.34. The van der Waals surface area contributed by atoms with Crippen LogP contribution in [0.4, 0.5) is 14.9 Å². The predicted octanol–water partition coefficient (Wildman–Crippen LogP) is 4.41. The van der Waals surface area contributed by atoms with E-state index >= 15 is 0 Å². The number of carbonyl (C=O) groups is 1. The van der Waals surface area contributed by atoms with Crippen molar-refractivity contribution in [2.75, 3.05) is 5.32 Å². The second-order valence-corrected chi connectivity index (χ2v) is 6.16. The number of furan rings is 1. The molecule has 1 atom stereocenters. The van der Waals surface area contributed by atoms with E-state index in [0.717, 1.165) is 11.2 Å². The van der Waals surface area contributed by atoms with Gasteiger partial charge >= 0.3 is 6.03 Å². The summed E-state index contributed by atoms with van der Waals surface area (Å²) in [4.78, 5) is 16.5. The van der Waals surface area contributed by atoms with Crippen LogP contribution >= 0.6 is 0 Å². The van der Waals surface area contributed by atoms with Gasteiger partial charge in [-0.3, -0.25) is 0 Å². The van der Waals surface area contributed by atoms with Crippen LogP contribution in [0.25, 0.3) is 16.6 Å². The SMILES string of the molecule is Cc1c([C@H](C)NC(=O)Nc2ccn3ccnc3c2)oc2ccc(F)cc12. The van der Waals surface area contributed by atoms with Crippen molar-refractivity contribution in [2.45, 2.75) is 19.9 Å². The van der Waals surface area contributed by atoms with Crippen LogP contribution in [-0.4, -0.2) is 15.4 Å². The number of aryl methyl sites for hydroxylation is 1. The number of urea groups is 1. The molecular weight excluding hydrogens is 335 g/mol. The fourth-order valence-corrected chi connectivity index (χ4v) is 3.04. The molecule has 0 unspecified atom stereocenters. The highest BCUT2D eigenvalue weighted by molar-refractivity contribution is 5.90. The number of halogens is 1. The largest absolute Gasteiger partial charge is 0.459 e. The molecule has 2 N–H and O–H groups in total. The van der Waals surface area contributed by atoms with Crippen LogP contribution in [0.1, 0.15) is 24.3 Å². The number of nitrogens with zero attached hydrogens (tertiary/aromatic N) is 2. The summed E-state index contributed by atoms with van der Waals surface area (Å²) in [7, 11) is 0. The fourth-order valence-electron chi connectivity index (χ4n) is 3.04. The molecule has 7 heteroatoms. The van der Waals surface area contributed by atoms with Gasteiger partial charge in [-0.2, -0.15) is 0 Å². The Hall–Kier alpha value is -3.35. The third kappa shape index (κ3) is 2.88. The lowest BCUT2D eigenvalue weighted by Crippen LogP contribution is -2.31. The van der Waals surface area contributed by atoms with Crippen LogP contribution in [0.3, 0.4) is 0 Å². The van der Waals surface area contributed by atoms with Gasteiger partial charge in [0.25, 0.3) is 0 Å². The van der Waals surface area contributed by atoms with Crippen molar-refractivity contribution in [3.05, 3.63) is 66.1 Å². The van der Waals surface area contributed by atoms with Crippen LogP contribution in [0.15, 0.2) is 53.3 Å². The number of rotatable bonds is 3. The van der Waals surface area contributed by atoms with Crippen molar-refractivity contribution in [3.8, 4) is 0 Å². The second-order valence-electron chi connectivity index (χ2n) is 6.16. The number of carbonyl (C=O) groups excluding carboxylic acids is 1. The van der Waals surface area contributed by atoms with E-state index in [1.165, 1.54) is 12.1 Å². The Morgan fingerprint density at radius 2 is 2.12 bits per heavy atom. The highest BCUT2D eigenvalue weighted by Crippen LogP contribution is 2.30. The van der Waals surface area contributed by atoms with Gasteiger partial charge in [0.2, 0.25) is 0 Å². The van der Waals surface area contributed by atoms with Crippen LogP contribution < -0.4 is 10.6 Å². The highest BCUT2D eigenvalue weighted by Gasteiger charge is 2.19. The number of fused-ring (bicyclic) bond motifs is 2.